The quantitative estimate of drug-likeness (QED) is 0.609. The molecule has 94 valence electrons. The fourth-order valence-electron chi connectivity index (χ4n) is 2.16. The Balaban J connectivity index is 1.94. The van der Waals surface area contributed by atoms with E-state index in [4.69, 9.17) is 15.6 Å². The number of ether oxygens (including phenoxy) is 1. The topological polar surface area (TPSA) is 114 Å². The summed E-state index contributed by atoms with van der Waals surface area (Å²) in [4.78, 5) is 22.2. The van der Waals surface area contributed by atoms with Crippen LogP contribution < -0.4 is 11.3 Å². The maximum Gasteiger partial charge on any atom is 0.278 e. The van der Waals surface area contributed by atoms with Gasteiger partial charge in [0, 0.05) is 6.21 Å². The predicted molar refractivity (Wildman–Crippen MR) is 65.0 cm³/mol. The number of aromatic amines is 1. The number of aliphatic imine (C=N–C) groups is 1. The summed E-state index contributed by atoms with van der Waals surface area (Å²) in [6.45, 7) is -0.0747. The second-order valence-electron chi connectivity index (χ2n) is 4.20. The van der Waals surface area contributed by atoms with Gasteiger partial charge in [-0.2, -0.15) is 0 Å². The first kappa shape index (κ1) is 11.1. The van der Waals surface area contributed by atoms with E-state index in [0.29, 0.717) is 5.69 Å². The molecule has 7 heteroatoms. The van der Waals surface area contributed by atoms with Crippen LogP contribution in [0.1, 0.15) is 11.6 Å². The molecule has 7 nitrogen and oxygen atoms in total. The minimum Gasteiger partial charge on any atom is -0.393 e. The Labute approximate surface area is 102 Å². The molecular formula is C11H12N4O3. The molecule has 18 heavy (non-hydrogen) atoms. The Morgan fingerprint density at radius 2 is 2.33 bits per heavy atom. The molecule has 1 aromatic rings. The Morgan fingerprint density at radius 1 is 1.50 bits per heavy atom. The molecular weight excluding hydrogens is 236 g/mol. The van der Waals surface area contributed by atoms with E-state index in [-0.39, 0.29) is 41.9 Å². The van der Waals surface area contributed by atoms with E-state index in [0.717, 1.165) is 0 Å². The van der Waals surface area contributed by atoms with Gasteiger partial charge in [0.15, 0.2) is 5.69 Å². The van der Waals surface area contributed by atoms with Crippen molar-refractivity contribution < 1.29 is 9.84 Å². The average molecular weight is 248 g/mol. The highest BCUT2D eigenvalue weighted by molar-refractivity contribution is 5.80. The smallest absolute Gasteiger partial charge is 0.278 e. The number of aliphatic hydroxyl groups excluding tert-OH is 1. The van der Waals surface area contributed by atoms with E-state index < -0.39 is 0 Å². The van der Waals surface area contributed by atoms with Crippen LogP contribution >= 0.6 is 0 Å². The van der Waals surface area contributed by atoms with Gasteiger partial charge in [0.25, 0.3) is 5.56 Å². The number of aliphatic hydroxyl groups is 1. The van der Waals surface area contributed by atoms with Crippen molar-refractivity contribution in [1.29, 1.82) is 0 Å². The molecule has 0 aromatic carbocycles. The summed E-state index contributed by atoms with van der Waals surface area (Å²) in [7, 11) is 0. The van der Waals surface area contributed by atoms with E-state index in [1.807, 2.05) is 6.08 Å². The van der Waals surface area contributed by atoms with Gasteiger partial charge in [0.05, 0.1) is 30.4 Å². The summed E-state index contributed by atoms with van der Waals surface area (Å²) in [5.74, 6) is -0.174. The fraction of sp³-hybridized carbons (Fsp3) is 0.364. The van der Waals surface area contributed by atoms with Crippen molar-refractivity contribution in [3.8, 4) is 0 Å². The molecule has 2 aliphatic rings. The molecule has 0 radical (unpaired) electrons. The number of H-pyrrole nitrogens is 1. The van der Waals surface area contributed by atoms with Crippen LogP contribution in [0, 0.1) is 0 Å². The van der Waals surface area contributed by atoms with E-state index in [1.165, 1.54) is 0 Å². The normalized spacial score (nSPS) is 28.8. The number of fused-ring (bicyclic) bond motifs is 1. The van der Waals surface area contributed by atoms with Gasteiger partial charge < -0.3 is 15.6 Å². The molecule has 3 atom stereocenters. The third-order valence-corrected chi connectivity index (χ3v) is 3.00. The lowest BCUT2D eigenvalue weighted by Gasteiger charge is -2.17. The van der Waals surface area contributed by atoms with Crippen molar-refractivity contribution in [3.63, 3.8) is 0 Å². The first-order valence-corrected chi connectivity index (χ1v) is 5.57. The zero-order valence-electron chi connectivity index (χ0n) is 9.41. The van der Waals surface area contributed by atoms with Gasteiger partial charge in [0.2, 0.25) is 5.95 Å². The number of nitrogen functional groups attached to an aromatic ring is 1. The number of aromatic nitrogens is 2. The Kier molecular flexibility index (Phi) is 2.49. The Bertz CT molecular complexity index is 592. The van der Waals surface area contributed by atoms with Gasteiger partial charge in [-0.1, -0.05) is 12.2 Å². The number of hydrogen-bond acceptors (Lipinski definition) is 6. The summed E-state index contributed by atoms with van der Waals surface area (Å²) in [6.07, 6.45) is 4.66. The van der Waals surface area contributed by atoms with Gasteiger partial charge >= 0.3 is 0 Å². The van der Waals surface area contributed by atoms with Crippen molar-refractivity contribution in [2.45, 2.75) is 18.1 Å². The largest absolute Gasteiger partial charge is 0.393 e. The van der Waals surface area contributed by atoms with Gasteiger partial charge in [0.1, 0.15) is 0 Å². The van der Waals surface area contributed by atoms with Crippen molar-refractivity contribution in [3.05, 3.63) is 28.2 Å². The van der Waals surface area contributed by atoms with Gasteiger partial charge in [-0.25, -0.2) is 4.98 Å². The first-order valence-electron chi connectivity index (χ1n) is 5.57. The second kappa shape index (κ2) is 4.04. The fourth-order valence-corrected chi connectivity index (χ4v) is 2.16. The maximum absolute atomic E-state index is 11.6. The molecule has 3 rings (SSSR count). The predicted octanol–water partition coefficient (Wildman–Crippen LogP) is -0.533. The summed E-state index contributed by atoms with van der Waals surface area (Å²) in [5.41, 5.74) is 5.97. The van der Waals surface area contributed by atoms with Crippen LogP contribution in [0.25, 0.3) is 0 Å². The lowest BCUT2D eigenvalue weighted by molar-refractivity contribution is 0.0228. The average Bonchev–Trinajstić information content (AvgIpc) is 2.93. The Hall–Kier alpha value is -1.99. The third kappa shape index (κ3) is 1.64. The number of nitrogens with zero attached hydrogens (tertiary/aromatic N) is 2. The lowest BCUT2D eigenvalue weighted by Crippen LogP contribution is -2.23. The van der Waals surface area contributed by atoms with Crippen molar-refractivity contribution in [1.82, 2.24) is 9.97 Å². The zero-order valence-corrected chi connectivity index (χ0v) is 9.41. The molecule has 1 unspecified atom stereocenters. The van der Waals surface area contributed by atoms with Crippen LogP contribution in [0.2, 0.25) is 0 Å². The van der Waals surface area contributed by atoms with Crippen LogP contribution in [0.4, 0.5) is 11.6 Å². The molecule has 3 heterocycles. The van der Waals surface area contributed by atoms with Crippen LogP contribution in [0.15, 0.2) is 21.9 Å². The van der Waals surface area contributed by atoms with E-state index in [2.05, 4.69) is 15.0 Å². The van der Waals surface area contributed by atoms with Crippen LogP contribution in [0.5, 0.6) is 0 Å². The Morgan fingerprint density at radius 3 is 3.06 bits per heavy atom. The van der Waals surface area contributed by atoms with Crippen LogP contribution in [0.3, 0.4) is 0 Å². The highest BCUT2D eigenvalue weighted by atomic mass is 16.5. The zero-order chi connectivity index (χ0) is 12.7. The van der Waals surface area contributed by atoms with E-state index in [1.54, 1.807) is 12.3 Å². The molecule has 1 aromatic heterocycles. The van der Waals surface area contributed by atoms with Gasteiger partial charge in [-0.05, 0) is 0 Å². The first-order chi connectivity index (χ1) is 8.69. The molecule has 0 saturated heterocycles. The maximum atomic E-state index is 11.6. The van der Waals surface area contributed by atoms with Gasteiger partial charge in [-0.3, -0.25) is 14.8 Å². The monoisotopic (exact) mass is 248 g/mol. The van der Waals surface area contributed by atoms with Crippen LogP contribution in [-0.4, -0.2) is 40.1 Å². The summed E-state index contributed by atoms with van der Waals surface area (Å²) in [5, 5.41) is 9.01. The molecule has 0 amide bonds. The lowest BCUT2D eigenvalue weighted by atomic mass is 10.0. The van der Waals surface area contributed by atoms with Gasteiger partial charge in [-0.15, -0.1) is 0 Å². The summed E-state index contributed by atoms with van der Waals surface area (Å²) >= 11 is 0. The molecule has 4 N–H and O–H groups in total. The SMILES string of the molecule is Nc1nc2c(c(=O)[nH]1)N=CC2[C@H]1C=C[C@@H](CO)O1. The van der Waals surface area contributed by atoms with E-state index in [9.17, 15) is 4.79 Å². The molecule has 0 aliphatic carbocycles. The minimum atomic E-state index is -0.350. The molecule has 0 spiro atoms. The molecule has 0 bridgehead atoms. The molecule has 0 fully saturated rings. The highest BCUT2D eigenvalue weighted by Gasteiger charge is 2.33. The summed E-state index contributed by atoms with van der Waals surface area (Å²) in [6, 6.07) is 0. The minimum absolute atomic E-state index is 0.0648. The standard InChI is InChI=1S/C11H12N4O3/c12-11-14-8-6(3-13-9(8)10(17)15-11)7-2-1-5(4-16)18-7/h1-3,5-7,16H,4H2,(H3,12,14,15,17)/t5-,6?,7+/m0/s1. The molecule has 0 saturated carbocycles. The van der Waals surface area contributed by atoms with Crippen molar-refractivity contribution >= 4 is 17.9 Å². The van der Waals surface area contributed by atoms with Crippen molar-refractivity contribution in [2.24, 2.45) is 4.99 Å². The number of nitrogens with two attached hydrogens (primary N) is 1. The van der Waals surface area contributed by atoms with Crippen molar-refractivity contribution in [2.75, 3.05) is 12.3 Å². The summed E-state index contributed by atoms with van der Waals surface area (Å²) < 4.78 is 5.59. The van der Waals surface area contributed by atoms with Crippen LogP contribution in [-0.2, 0) is 4.74 Å². The second-order valence-corrected chi connectivity index (χ2v) is 4.20. The third-order valence-electron chi connectivity index (χ3n) is 3.00. The number of nitrogens with one attached hydrogen (secondary N) is 1. The number of hydrogen-bond donors (Lipinski definition) is 3. The highest BCUT2D eigenvalue weighted by Crippen LogP contribution is 2.33. The number of rotatable bonds is 2. The molecule has 2 aliphatic heterocycles. The van der Waals surface area contributed by atoms with E-state index >= 15 is 0 Å². The number of anilines is 1.